The Morgan fingerprint density at radius 2 is 2.06 bits per heavy atom. The molecule has 0 bridgehead atoms. The highest BCUT2D eigenvalue weighted by Crippen LogP contribution is 2.37. The second-order valence-electron chi connectivity index (χ2n) is 7.83. The Kier molecular flexibility index (Phi) is 5.60. The predicted molar refractivity (Wildman–Crippen MR) is 124 cm³/mol. The Morgan fingerprint density at radius 3 is 2.91 bits per heavy atom. The zero-order chi connectivity index (χ0) is 21.9. The van der Waals surface area contributed by atoms with Crippen molar-refractivity contribution in [3.8, 4) is 11.5 Å². The standard InChI is InChI=1S/C26H25N3O3/c1-17-20(22-14-27-16-29-26(22)32-17)8-9-23-21-13-24(30-2)25(12-19(21)10-11-28-23)31-15-18-6-4-3-5-7-18/h3-9,12-14,16,23,28H,10-11,15H2,1-2H3/b9-8+. The fourth-order valence-electron chi connectivity index (χ4n) is 4.15. The first-order valence-corrected chi connectivity index (χ1v) is 10.7. The molecule has 6 nitrogen and oxygen atoms in total. The van der Waals surface area contributed by atoms with Crippen molar-refractivity contribution in [2.75, 3.05) is 13.7 Å². The molecular formula is C26H25N3O3. The summed E-state index contributed by atoms with van der Waals surface area (Å²) in [5.74, 6) is 2.34. The summed E-state index contributed by atoms with van der Waals surface area (Å²) in [5.41, 5.74) is 5.19. The van der Waals surface area contributed by atoms with E-state index >= 15 is 0 Å². The maximum atomic E-state index is 6.11. The molecule has 6 heteroatoms. The smallest absolute Gasteiger partial charge is 0.229 e. The molecule has 162 valence electrons. The highest BCUT2D eigenvalue weighted by atomic mass is 16.5. The van der Waals surface area contributed by atoms with Crippen molar-refractivity contribution in [3.05, 3.63) is 89.1 Å². The van der Waals surface area contributed by atoms with Crippen LogP contribution in [0.4, 0.5) is 0 Å². The topological polar surface area (TPSA) is 69.4 Å². The molecule has 0 fully saturated rings. The van der Waals surface area contributed by atoms with Crippen molar-refractivity contribution < 1.29 is 13.9 Å². The molecule has 1 unspecified atom stereocenters. The molecule has 3 heterocycles. The van der Waals surface area contributed by atoms with Crippen molar-refractivity contribution in [3.63, 3.8) is 0 Å². The third-order valence-electron chi connectivity index (χ3n) is 5.81. The molecule has 2 aromatic carbocycles. The monoisotopic (exact) mass is 427 g/mol. The molecule has 1 N–H and O–H groups in total. The lowest BCUT2D eigenvalue weighted by atomic mass is 9.93. The van der Waals surface area contributed by atoms with E-state index in [1.807, 2.05) is 25.1 Å². The molecule has 1 atom stereocenters. The van der Waals surface area contributed by atoms with Crippen molar-refractivity contribution >= 4 is 17.2 Å². The van der Waals surface area contributed by atoms with Gasteiger partial charge in [0.2, 0.25) is 5.71 Å². The van der Waals surface area contributed by atoms with Crippen molar-refractivity contribution in [2.24, 2.45) is 0 Å². The molecule has 4 aromatic rings. The molecule has 5 rings (SSSR count). The largest absolute Gasteiger partial charge is 0.493 e. The van der Waals surface area contributed by atoms with E-state index in [9.17, 15) is 0 Å². The van der Waals surface area contributed by atoms with Gasteiger partial charge in [-0.05, 0) is 42.2 Å². The molecule has 0 radical (unpaired) electrons. The van der Waals surface area contributed by atoms with Crippen LogP contribution in [0.5, 0.6) is 11.5 Å². The van der Waals surface area contributed by atoms with Gasteiger partial charge in [-0.25, -0.2) is 9.97 Å². The number of benzene rings is 2. The van der Waals surface area contributed by atoms with Gasteiger partial charge in [0.05, 0.1) is 18.5 Å². The quantitative estimate of drug-likeness (QED) is 0.466. The zero-order valence-corrected chi connectivity index (χ0v) is 18.2. The minimum atomic E-state index is 0.0600. The summed E-state index contributed by atoms with van der Waals surface area (Å²) in [6.07, 6.45) is 8.48. The lowest BCUT2D eigenvalue weighted by Gasteiger charge is -2.26. The Hall–Kier alpha value is -3.64. The number of nitrogens with one attached hydrogen (secondary N) is 1. The van der Waals surface area contributed by atoms with Crippen LogP contribution in [0.3, 0.4) is 0 Å². The van der Waals surface area contributed by atoms with Crippen LogP contribution < -0.4 is 14.8 Å². The number of nitrogens with zero attached hydrogens (tertiary/aromatic N) is 2. The molecule has 0 saturated carbocycles. The Labute approximate surface area is 186 Å². The summed E-state index contributed by atoms with van der Waals surface area (Å²) >= 11 is 0. The van der Waals surface area contributed by atoms with Crippen LogP contribution in [0.25, 0.3) is 17.2 Å². The van der Waals surface area contributed by atoms with Gasteiger partial charge in [-0.1, -0.05) is 42.5 Å². The maximum absolute atomic E-state index is 6.11. The van der Waals surface area contributed by atoms with Gasteiger partial charge in [0, 0.05) is 18.3 Å². The highest BCUT2D eigenvalue weighted by Gasteiger charge is 2.21. The van der Waals surface area contributed by atoms with Gasteiger partial charge < -0.3 is 19.2 Å². The number of aryl methyl sites for hydroxylation is 1. The SMILES string of the molecule is COc1cc2c(cc1OCc1ccccc1)CCNC2/C=C/c1c(C)oc2ncncc12. The van der Waals surface area contributed by atoms with Crippen molar-refractivity contribution in [1.29, 1.82) is 0 Å². The first-order chi connectivity index (χ1) is 15.7. The molecule has 2 aromatic heterocycles. The lowest BCUT2D eigenvalue weighted by Crippen LogP contribution is -2.28. The summed E-state index contributed by atoms with van der Waals surface area (Å²) in [7, 11) is 1.68. The summed E-state index contributed by atoms with van der Waals surface area (Å²) in [6.45, 7) is 3.34. The summed E-state index contributed by atoms with van der Waals surface area (Å²) in [5, 5.41) is 4.51. The van der Waals surface area contributed by atoms with Crippen LogP contribution in [0.1, 0.15) is 34.1 Å². The first kappa shape index (κ1) is 20.3. The average molecular weight is 428 g/mol. The minimum Gasteiger partial charge on any atom is -0.493 e. The maximum Gasteiger partial charge on any atom is 0.229 e. The third-order valence-corrected chi connectivity index (χ3v) is 5.81. The highest BCUT2D eigenvalue weighted by molar-refractivity contribution is 5.85. The Morgan fingerprint density at radius 1 is 1.19 bits per heavy atom. The molecule has 0 amide bonds. The van der Waals surface area contributed by atoms with Crippen LogP contribution in [0.2, 0.25) is 0 Å². The van der Waals surface area contributed by atoms with Crippen LogP contribution >= 0.6 is 0 Å². The van der Waals surface area contributed by atoms with E-state index in [1.165, 1.54) is 17.5 Å². The van der Waals surface area contributed by atoms with Crippen LogP contribution in [0, 0.1) is 6.92 Å². The number of rotatable bonds is 6. The lowest BCUT2D eigenvalue weighted by molar-refractivity contribution is 0.283. The number of hydrogen-bond acceptors (Lipinski definition) is 6. The molecule has 0 spiro atoms. The van der Waals surface area contributed by atoms with E-state index in [2.05, 4.69) is 51.7 Å². The summed E-state index contributed by atoms with van der Waals surface area (Å²) < 4.78 is 17.5. The van der Waals surface area contributed by atoms with Crippen LogP contribution in [-0.2, 0) is 13.0 Å². The summed E-state index contributed by atoms with van der Waals surface area (Å²) in [4.78, 5) is 8.35. The number of hydrogen-bond donors (Lipinski definition) is 1. The normalized spacial score (nSPS) is 15.8. The number of fused-ring (bicyclic) bond motifs is 2. The van der Waals surface area contributed by atoms with E-state index in [1.54, 1.807) is 13.3 Å². The zero-order valence-electron chi connectivity index (χ0n) is 18.2. The van der Waals surface area contributed by atoms with E-state index in [4.69, 9.17) is 13.9 Å². The number of methoxy groups -OCH3 is 1. The van der Waals surface area contributed by atoms with Gasteiger partial charge in [0.25, 0.3) is 0 Å². The van der Waals surface area contributed by atoms with E-state index in [0.29, 0.717) is 12.3 Å². The van der Waals surface area contributed by atoms with Crippen LogP contribution in [0.15, 0.2) is 65.5 Å². The molecule has 1 aliphatic heterocycles. The van der Waals surface area contributed by atoms with Crippen LogP contribution in [-0.4, -0.2) is 23.6 Å². The van der Waals surface area contributed by atoms with Crippen molar-refractivity contribution in [2.45, 2.75) is 26.0 Å². The van der Waals surface area contributed by atoms with Crippen molar-refractivity contribution in [1.82, 2.24) is 15.3 Å². The average Bonchev–Trinajstić information content (AvgIpc) is 3.16. The summed E-state index contributed by atoms with van der Waals surface area (Å²) in [6, 6.07) is 14.4. The van der Waals surface area contributed by atoms with E-state index in [-0.39, 0.29) is 6.04 Å². The molecule has 0 aliphatic carbocycles. The molecule has 1 aliphatic rings. The van der Waals surface area contributed by atoms with E-state index in [0.717, 1.165) is 46.7 Å². The van der Waals surface area contributed by atoms with Gasteiger partial charge >= 0.3 is 0 Å². The van der Waals surface area contributed by atoms with E-state index < -0.39 is 0 Å². The fraction of sp³-hybridized carbons (Fsp3) is 0.231. The number of aromatic nitrogens is 2. The third kappa shape index (κ3) is 3.97. The second-order valence-corrected chi connectivity index (χ2v) is 7.83. The van der Waals surface area contributed by atoms with Gasteiger partial charge in [-0.3, -0.25) is 0 Å². The Balaban J connectivity index is 1.42. The predicted octanol–water partition coefficient (Wildman–Crippen LogP) is 5.02. The minimum absolute atomic E-state index is 0.0600. The van der Waals surface area contributed by atoms with Gasteiger partial charge in [-0.2, -0.15) is 0 Å². The Bertz CT molecular complexity index is 1260. The molecular weight excluding hydrogens is 402 g/mol. The molecule has 0 saturated heterocycles. The van der Waals surface area contributed by atoms with Gasteiger partial charge in [0.1, 0.15) is 18.7 Å². The molecule has 32 heavy (non-hydrogen) atoms. The second kappa shape index (κ2) is 8.85. The van der Waals surface area contributed by atoms with Gasteiger partial charge in [-0.15, -0.1) is 0 Å². The number of ether oxygens (including phenoxy) is 2. The first-order valence-electron chi connectivity index (χ1n) is 10.7. The van der Waals surface area contributed by atoms with Gasteiger partial charge in [0.15, 0.2) is 11.5 Å². The fourth-order valence-corrected chi connectivity index (χ4v) is 4.15. The number of furan rings is 1.